The van der Waals surface area contributed by atoms with Crippen LogP contribution in [0.15, 0.2) is 126 Å². The molecule has 34 heavy (non-hydrogen) atoms. The molecule has 7 heteroatoms. The van der Waals surface area contributed by atoms with Crippen LogP contribution in [0.1, 0.15) is 5.56 Å². The van der Waals surface area contributed by atoms with E-state index in [4.69, 9.17) is 0 Å². The molecule has 0 aromatic heterocycles. The molecular weight excluding hydrogens is 467 g/mol. The molecule has 0 spiro atoms. The Labute approximate surface area is 199 Å². The van der Waals surface area contributed by atoms with Crippen molar-refractivity contribution in [2.45, 2.75) is 4.90 Å². The normalized spacial score (nSPS) is 12.3. The lowest BCUT2D eigenvalue weighted by Crippen LogP contribution is -2.33. The first-order valence-corrected chi connectivity index (χ1v) is 13.6. The van der Waals surface area contributed by atoms with E-state index in [2.05, 4.69) is 0 Å². The molecule has 0 aliphatic rings. The number of carboxylic acids is 1. The zero-order valence-corrected chi connectivity index (χ0v) is 19.7. The van der Waals surface area contributed by atoms with Gasteiger partial charge in [0.2, 0.25) is 0 Å². The molecule has 0 bridgehead atoms. The Morgan fingerprint density at radius 1 is 0.676 bits per heavy atom. The van der Waals surface area contributed by atoms with Gasteiger partial charge in [-0.05, 0) is 42.5 Å². The second kappa shape index (κ2) is 9.74. The van der Waals surface area contributed by atoms with Crippen molar-refractivity contribution in [2.75, 3.05) is 0 Å². The first kappa shape index (κ1) is 23.6. The summed E-state index contributed by atoms with van der Waals surface area (Å²) in [6, 6.07) is 33.6. The lowest BCUT2D eigenvalue weighted by molar-refractivity contribution is -0.297. The molecule has 4 aromatic carbocycles. The predicted octanol–water partition coefficient (Wildman–Crippen LogP) is 2.68. The van der Waals surface area contributed by atoms with Crippen LogP contribution in [0, 0.1) is 0 Å². The maximum atomic E-state index is 12.0. The SMILES string of the molecule is O=C([O-])/C=C(\c1ccccc1)[P+](c1ccccc1)(c1ccccc1)c1cccc(S(=O)(=O)[O-])c1. The lowest BCUT2D eigenvalue weighted by atomic mass is 10.2. The minimum Gasteiger partial charge on any atom is -0.744 e. The van der Waals surface area contributed by atoms with Crippen molar-refractivity contribution >= 4 is 44.6 Å². The maximum Gasteiger partial charge on any atom is 0.145 e. The van der Waals surface area contributed by atoms with Crippen LogP contribution in [0.3, 0.4) is 0 Å². The van der Waals surface area contributed by atoms with E-state index in [9.17, 15) is 22.9 Å². The molecule has 0 saturated carbocycles. The number of carbonyl (C=O) groups is 1. The van der Waals surface area contributed by atoms with Crippen LogP contribution < -0.4 is 21.0 Å². The summed E-state index contributed by atoms with van der Waals surface area (Å²) in [5.74, 6) is -1.37. The van der Waals surface area contributed by atoms with Gasteiger partial charge < -0.3 is 14.5 Å². The quantitative estimate of drug-likeness (QED) is 0.227. The standard InChI is InChI=1S/C27H21O5PS/c28-27(29)20-26(21-11-4-1-5-12-21)33(22-13-6-2-7-14-22,23-15-8-3-9-16-23)24-17-10-18-25(19-24)34(30,31)32/h1-20H,(H-,28,29,30,31,32)/p-1/b26-20+. The van der Waals surface area contributed by atoms with E-state index >= 15 is 0 Å². The molecule has 5 nitrogen and oxygen atoms in total. The van der Waals surface area contributed by atoms with Gasteiger partial charge in [-0.3, -0.25) is 0 Å². The molecule has 0 unspecified atom stereocenters. The van der Waals surface area contributed by atoms with E-state index in [-0.39, 0.29) is 4.90 Å². The smallest absolute Gasteiger partial charge is 0.145 e. The van der Waals surface area contributed by atoms with Crippen molar-refractivity contribution in [3.05, 3.63) is 127 Å². The van der Waals surface area contributed by atoms with Gasteiger partial charge >= 0.3 is 0 Å². The van der Waals surface area contributed by atoms with Crippen LogP contribution in [0.4, 0.5) is 0 Å². The van der Waals surface area contributed by atoms with Gasteiger partial charge in [0.15, 0.2) is 0 Å². The molecule has 0 aliphatic carbocycles. The van der Waals surface area contributed by atoms with E-state index in [1.807, 2.05) is 91.0 Å². The number of benzene rings is 4. The van der Waals surface area contributed by atoms with E-state index in [1.54, 1.807) is 6.07 Å². The van der Waals surface area contributed by atoms with Gasteiger partial charge in [-0.1, -0.05) is 72.8 Å². The molecule has 0 N–H and O–H groups in total. The molecule has 0 heterocycles. The largest absolute Gasteiger partial charge is 0.744 e. The molecule has 0 amide bonds. The topological polar surface area (TPSA) is 97.3 Å². The van der Waals surface area contributed by atoms with Crippen molar-refractivity contribution < 1.29 is 22.9 Å². The average molecular weight is 487 g/mol. The minimum absolute atomic E-state index is 0.373. The number of hydrogen-bond donors (Lipinski definition) is 0. The first-order valence-electron chi connectivity index (χ1n) is 10.4. The van der Waals surface area contributed by atoms with Gasteiger partial charge in [-0.25, -0.2) is 8.42 Å². The van der Waals surface area contributed by atoms with Crippen LogP contribution in [0.25, 0.3) is 5.31 Å². The van der Waals surface area contributed by atoms with E-state index < -0.39 is 23.3 Å². The van der Waals surface area contributed by atoms with Gasteiger partial charge in [-0.15, -0.1) is 0 Å². The Hall–Kier alpha value is -3.57. The molecule has 0 saturated heterocycles. The fourth-order valence-electron chi connectivity index (χ4n) is 4.11. The molecule has 0 atom stereocenters. The number of carboxylic acid groups (broad SMARTS) is 1. The van der Waals surface area contributed by atoms with Gasteiger partial charge in [-0.2, -0.15) is 0 Å². The third-order valence-electron chi connectivity index (χ3n) is 5.47. The van der Waals surface area contributed by atoms with Crippen molar-refractivity contribution in [3.8, 4) is 0 Å². The zero-order valence-electron chi connectivity index (χ0n) is 17.9. The third-order valence-corrected chi connectivity index (χ3v) is 10.6. The van der Waals surface area contributed by atoms with Crippen LogP contribution >= 0.6 is 7.26 Å². The Morgan fingerprint density at radius 3 is 1.62 bits per heavy atom. The summed E-state index contributed by atoms with van der Waals surface area (Å²) < 4.78 is 35.8. The second-order valence-electron chi connectivity index (χ2n) is 7.51. The summed E-state index contributed by atoms with van der Waals surface area (Å²) in [5.41, 5.74) is 0.656. The van der Waals surface area contributed by atoms with Gasteiger partial charge in [0.05, 0.1) is 10.9 Å². The molecule has 0 fully saturated rings. The summed E-state index contributed by atoms with van der Waals surface area (Å²) in [6.07, 6.45) is 1.08. The second-order valence-corrected chi connectivity index (χ2v) is 12.3. The van der Waals surface area contributed by atoms with Crippen LogP contribution in [0.2, 0.25) is 0 Å². The monoisotopic (exact) mass is 487 g/mol. The highest BCUT2D eigenvalue weighted by molar-refractivity contribution is 8.03. The van der Waals surface area contributed by atoms with Crippen LogP contribution in [-0.2, 0) is 14.9 Å². The maximum absolute atomic E-state index is 12.0. The zero-order chi connectivity index (χ0) is 24.2. The van der Waals surface area contributed by atoms with Crippen molar-refractivity contribution in [1.29, 1.82) is 0 Å². The highest BCUT2D eigenvalue weighted by Crippen LogP contribution is 2.66. The van der Waals surface area contributed by atoms with Crippen LogP contribution in [0.5, 0.6) is 0 Å². The molecule has 170 valence electrons. The highest BCUT2D eigenvalue weighted by Gasteiger charge is 2.50. The molecular formula is C27H20O5PS-. The number of carbonyl (C=O) groups excluding carboxylic acids is 1. The third kappa shape index (κ3) is 4.57. The summed E-state index contributed by atoms with van der Waals surface area (Å²) in [4.78, 5) is 11.7. The van der Waals surface area contributed by atoms with Crippen molar-refractivity contribution in [1.82, 2.24) is 0 Å². The Morgan fingerprint density at radius 2 is 1.15 bits per heavy atom. The Balaban J connectivity index is 2.23. The number of rotatable bonds is 7. The molecule has 0 radical (unpaired) electrons. The molecule has 4 rings (SSSR count). The fourth-order valence-corrected chi connectivity index (χ4v) is 9.16. The lowest BCUT2D eigenvalue weighted by Gasteiger charge is -2.30. The summed E-state index contributed by atoms with van der Waals surface area (Å²) in [6.45, 7) is 0. The van der Waals surface area contributed by atoms with Crippen LogP contribution in [-0.4, -0.2) is 18.9 Å². The van der Waals surface area contributed by atoms with E-state index in [0.29, 0.717) is 16.2 Å². The number of aliphatic carboxylic acids is 1. The van der Waals surface area contributed by atoms with Gasteiger partial charge in [0.25, 0.3) is 0 Å². The summed E-state index contributed by atoms with van der Waals surface area (Å²) in [7, 11) is -7.74. The Kier molecular flexibility index (Phi) is 6.75. The van der Waals surface area contributed by atoms with E-state index in [0.717, 1.165) is 16.7 Å². The van der Waals surface area contributed by atoms with Crippen molar-refractivity contribution in [3.63, 3.8) is 0 Å². The fraction of sp³-hybridized carbons (Fsp3) is 0. The van der Waals surface area contributed by atoms with Gasteiger partial charge in [0.1, 0.15) is 38.6 Å². The van der Waals surface area contributed by atoms with E-state index in [1.165, 1.54) is 18.2 Å². The molecule has 4 aromatic rings. The van der Waals surface area contributed by atoms with Gasteiger partial charge in [0, 0.05) is 11.6 Å². The summed E-state index contributed by atoms with van der Waals surface area (Å²) >= 11 is 0. The molecule has 0 aliphatic heterocycles. The Bertz CT molecular complexity index is 1390. The predicted molar refractivity (Wildman–Crippen MR) is 133 cm³/mol. The number of hydrogen-bond acceptors (Lipinski definition) is 5. The van der Waals surface area contributed by atoms with Crippen molar-refractivity contribution in [2.24, 2.45) is 0 Å². The minimum atomic E-state index is -4.74. The average Bonchev–Trinajstić information content (AvgIpc) is 2.85. The highest BCUT2D eigenvalue weighted by atomic mass is 32.2. The first-order chi connectivity index (χ1) is 16.3. The summed E-state index contributed by atoms with van der Waals surface area (Å²) in [5, 5.41) is 14.7.